The largest absolute Gasteiger partial charge is 0.366 e. The molecular formula is C15H14ClN3O3S. The second-order valence-corrected chi connectivity index (χ2v) is 5.93. The van der Waals surface area contributed by atoms with Gasteiger partial charge in [0.05, 0.1) is 10.4 Å². The molecule has 2 aromatic rings. The number of thiophene rings is 1. The van der Waals surface area contributed by atoms with Gasteiger partial charge in [0.25, 0.3) is 11.8 Å². The molecule has 1 aromatic heterocycles. The summed E-state index contributed by atoms with van der Waals surface area (Å²) < 4.78 is 0. The fourth-order valence-corrected chi connectivity index (χ4v) is 2.67. The highest BCUT2D eigenvalue weighted by Crippen LogP contribution is 2.13. The molecule has 0 aliphatic rings. The van der Waals surface area contributed by atoms with E-state index in [9.17, 15) is 14.4 Å². The van der Waals surface area contributed by atoms with E-state index in [-0.39, 0.29) is 24.9 Å². The van der Waals surface area contributed by atoms with Crippen LogP contribution < -0.4 is 16.4 Å². The molecule has 0 unspecified atom stereocenters. The third kappa shape index (κ3) is 4.80. The zero-order valence-electron chi connectivity index (χ0n) is 12.0. The molecular weight excluding hydrogens is 338 g/mol. The molecule has 6 nitrogen and oxygen atoms in total. The van der Waals surface area contributed by atoms with Crippen LogP contribution in [0.2, 0.25) is 5.02 Å². The first-order chi connectivity index (χ1) is 11.0. The van der Waals surface area contributed by atoms with Crippen molar-refractivity contribution in [2.75, 3.05) is 13.1 Å². The molecule has 3 amide bonds. The maximum atomic E-state index is 11.9. The average Bonchev–Trinajstić information content (AvgIpc) is 3.02. The molecule has 8 heteroatoms. The van der Waals surface area contributed by atoms with Crippen molar-refractivity contribution in [3.63, 3.8) is 0 Å². The summed E-state index contributed by atoms with van der Waals surface area (Å²) in [6, 6.07) is 7.94. The summed E-state index contributed by atoms with van der Waals surface area (Å²) in [4.78, 5) is 35.0. The van der Waals surface area contributed by atoms with Crippen LogP contribution >= 0.6 is 22.9 Å². The van der Waals surface area contributed by atoms with Gasteiger partial charge in [-0.05, 0) is 30.3 Å². The molecule has 0 saturated carbocycles. The van der Waals surface area contributed by atoms with Gasteiger partial charge in [0.15, 0.2) is 0 Å². The number of benzene rings is 1. The number of halogens is 1. The maximum Gasteiger partial charge on any atom is 0.261 e. The SMILES string of the molecule is NC(=O)c1csc(C(=O)NCCNC(=O)c2ccc(Cl)cc2)c1. The Morgan fingerprint density at radius 3 is 2.17 bits per heavy atom. The van der Waals surface area contributed by atoms with Crippen LogP contribution in [0.4, 0.5) is 0 Å². The summed E-state index contributed by atoms with van der Waals surface area (Å²) in [5.41, 5.74) is 5.92. The molecule has 0 radical (unpaired) electrons. The number of primary amides is 1. The first-order valence-corrected chi connectivity index (χ1v) is 7.93. The maximum absolute atomic E-state index is 11.9. The minimum absolute atomic E-state index is 0.247. The van der Waals surface area contributed by atoms with Crippen molar-refractivity contribution in [2.45, 2.75) is 0 Å². The molecule has 4 N–H and O–H groups in total. The van der Waals surface area contributed by atoms with Crippen molar-refractivity contribution in [1.82, 2.24) is 10.6 Å². The van der Waals surface area contributed by atoms with E-state index in [1.54, 1.807) is 24.3 Å². The highest BCUT2D eigenvalue weighted by atomic mass is 35.5. The summed E-state index contributed by atoms with van der Waals surface area (Å²) in [6.45, 7) is 0.545. The van der Waals surface area contributed by atoms with Crippen molar-refractivity contribution < 1.29 is 14.4 Å². The lowest BCUT2D eigenvalue weighted by atomic mass is 10.2. The Morgan fingerprint density at radius 2 is 1.61 bits per heavy atom. The second kappa shape index (κ2) is 7.75. The minimum atomic E-state index is -0.574. The smallest absolute Gasteiger partial charge is 0.261 e. The quantitative estimate of drug-likeness (QED) is 0.690. The molecule has 0 atom stereocenters. The summed E-state index contributed by atoms with van der Waals surface area (Å²) in [5.74, 6) is -1.14. The Labute approximate surface area is 141 Å². The molecule has 0 bridgehead atoms. The Bertz CT molecular complexity index is 728. The van der Waals surface area contributed by atoms with E-state index >= 15 is 0 Å². The Kier molecular flexibility index (Phi) is 5.72. The van der Waals surface area contributed by atoms with Crippen LogP contribution in [0.25, 0.3) is 0 Å². The van der Waals surface area contributed by atoms with Gasteiger partial charge in [-0.1, -0.05) is 11.6 Å². The minimum Gasteiger partial charge on any atom is -0.366 e. The van der Waals surface area contributed by atoms with Gasteiger partial charge >= 0.3 is 0 Å². The fraction of sp³-hybridized carbons (Fsp3) is 0.133. The standard InChI is InChI=1S/C15H14ClN3O3S/c16-11-3-1-9(2-4-11)14(21)18-5-6-19-15(22)12-7-10(8-23-12)13(17)20/h1-4,7-8H,5-6H2,(H2,17,20)(H,18,21)(H,19,22). The van der Waals surface area contributed by atoms with Gasteiger partial charge in [-0.2, -0.15) is 0 Å². The zero-order chi connectivity index (χ0) is 16.8. The molecule has 120 valence electrons. The van der Waals surface area contributed by atoms with E-state index in [1.807, 2.05) is 0 Å². The number of hydrogen-bond acceptors (Lipinski definition) is 4. The highest BCUT2D eigenvalue weighted by Gasteiger charge is 2.11. The predicted octanol–water partition coefficient (Wildman–Crippen LogP) is 1.66. The number of nitrogens with one attached hydrogen (secondary N) is 2. The Morgan fingerprint density at radius 1 is 1.00 bits per heavy atom. The van der Waals surface area contributed by atoms with Crippen LogP contribution in [-0.2, 0) is 0 Å². The second-order valence-electron chi connectivity index (χ2n) is 4.58. The fourth-order valence-electron chi connectivity index (χ4n) is 1.73. The lowest BCUT2D eigenvalue weighted by molar-refractivity contribution is 0.0929. The van der Waals surface area contributed by atoms with E-state index in [2.05, 4.69) is 10.6 Å². The number of carbonyl (C=O) groups is 3. The van der Waals surface area contributed by atoms with Crippen LogP contribution in [-0.4, -0.2) is 30.8 Å². The van der Waals surface area contributed by atoms with Gasteiger partial charge in [0, 0.05) is 29.1 Å². The van der Waals surface area contributed by atoms with Crippen LogP contribution in [0.5, 0.6) is 0 Å². The summed E-state index contributed by atoms with van der Waals surface area (Å²) >= 11 is 6.89. The van der Waals surface area contributed by atoms with E-state index in [0.717, 1.165) is 11.3 Å². The van der Waals surface area contributed by atoms with Gasteiger partial charge in [-0.3, -0.25) is 14.4 Å². The summed E-state index contributed by atoms with van der Waals surface area (Å²) in [6.07, 6.45) is 0. The first kappa shape index (κ1) is 17.0. The van der Waals surface area contributed by atoms with Crippen LogP contribution in [0.15, 0.2) is 35.7 Å². The van der Waals surface area contributed by atoms with Crippen molar-refractivity contribution in [1.29, 1.82) is 0 Å². The van der Waals surface area contributed by atoms with Crippen LogP contribution in [0.1, 0.15) is 30.4 Å². The molecule has 1 aromatic carbocycles. The molecule has 0 aliphatic carbocycles. The van der Waals surface area contributed by atoms with Crippen LogP contribution in [0, 0.1) is 0 Å². The summed E-state index contributed by atoms with van der Waals surface area (Å²) in [7, 11) is 0. The third-order valence-electron chi connectivity index (χ3n) is 2.91. The molecule has 1 heterocycles. The number of amides is 3. The molecule has 0 saturated heterocycles. The molecule has 2 rings (SSSR count). The molecule has 23 heavy (non-hydrogen) atoms. The van der Waals surface area contributed by atoms with Crippen molar-refractivity contribution in [3.8, 4) is 0 Å². The predicted molar refractivity (Wildman–Crippen MR) is 89.0 cm³/mol. The Balaban J connectivity index is 1.76. The van der Waals surface area contributed by atoms with Gasteiger partial charge in [0.1, 0.15) is 0 Å². The van der Waals surface area contributed by atoms with Crippen molar-refractivity contribution in [3.05, 3.63) is 56.7 Å². The van der Waals surface area contributed by atoms with Crippen molar-refractivity contribution in [2.24, 2.45) is 5.73 Å². The van der Waals surface area contributed by atoms with Gasteiger partial charge in [-0.25, -0.2) is 0 Å². The zero-order valence-corrected chi connectivity index (χ0v) is 13.5. The van der Waals surface area contributed by atoms with E-state index in [0.29, 0.717) is 21.0 Å². The van der Waals surface area contributed by atoms with E-state index in [1.165, 1.54) is 11.4 Å². The first-order valence-electron chi connectivity index (χ1n) is 6.67. The van der Waals surface area contributed by atoms with Crippen molar-refractivity contribution >= 4 is 40.7 Å². The molecule has 0 fully saturated rings. The molecule has 0 spiro atoms. The lowest BCUT2D eigenvalue weighted by Gasteiger charge is -2.06. The van der Waals surface area contributed by atoms with Gasteiger partial charge < -0.3 is 16.4 Å². The number of hydrogen-bond donors (Lipinski definition) is 3. The monoisotopic (exact) mass is 351 g/mol. The highest BCUT2D eigenvalue weighted by molar-refractivity contribution is 7.12. The van der Waals surface area contributed by atoms with Gasteiger partial charge in [-0.15, -0.1) is 11.3 Å². The third-order valence-corrected chi connectivity index (χ3v) is 4.09. The Hall–Kier alpha value is -2.38. The summed E-state index contributed by atoms with van der Waals surface area (Å²) in [5, 5.41) is 7.41. The van der Waals surface area contributed by atoms with Gasteiger partial charge in [0.2, 0.25) is 5.91 Å². The molecule has 0 aliphatic heterocycles. The average molecular weight is 352 g/mol. The number of rotatable bonds is 6. The van der Waals surface area contributed by atoms with Crippen LogP contribution in [0.3, 0.4) is 0 Å². The normalized spacial score (nSPS) is 10.1. The van der Waals surface area contributed by atoms with E-state index < -0.39 is 5.91 Å². The number of nitrogens with two attached hydrogens (primary N) is 1. The topological polar surface area (TPSA) is 101 Å². The number of carbonyl (C=O) groups excluding carboxylic acids is 3. The van der Waals surface area contributed by atoms with E-state index in [4.69, 9.17) is 17.3 Å². The lowest BCUT2D eigenvalue weighted by Crippen LogP contribution is -2.34.